The monoisotopic (exact) mass is 516 g/mol. The molecule has 0 aliphatic carbocycles. The summed E-state index contributed by atoms with van der Waals surface area (Å²) in [4.78, 5) is 27.0. The van der Waals surface area contributed by atoms with Crippen molar-refractivity contribution in [1.82, 2.24) is 15.9 Å². The second-order valence-corrected chi connectivity index (χ2v) is 10.3. The van der Waals surface area contributed by atoms with Crippen molar-refractivity contribution in [2.24, 2.45) is 0 Å². The number of piperidine rings is 1. The van der Waals surface area contributed by atoms with Crippen LogP contribution in [0.4, 0.5) is 5.69 Å². The normalized spacial score (nSPS) is 22.9. The number of hydrazine groups is 2. The maximum absolute atomic E-state index is 13.3. The van der Waals surface area contributed by atoms with Crippen molar-refractivity contribution < 1.29 is 9.59 Å². The predicted molar refractivity (Wildman–Crippen MR) is 119 cm³/mol. The first-order valence-electron chi connectivity index (χ1n) is 9.29. The number of Topliss-reactive ketones (excluding diaryl/α,β-unsaturated/α-hetero) is 1. The standard InChI is InChI=1S/C19H19BrCl2N4O2S/c20-15-7-6-14(29-15)17-18(27)16(19(28)24-25-8-2-1-3-9-25)23-26(17)13-5-4-11(21)10-12(13)22/h4-7,10,16-17,23H,1-3,8-9H2,(H,24,28). The highest BCUT2D eigenvalue weighted by atomic mass is 79.9. The molecule has 2 saturated heterocycles. The molecule has 0 radical (unpaired) electrons. The van der Waals surface area contributed by atoms with Crippen molar-refractivity contribution in [2.45, 2.75) is 31.3 Å². The van der Waals surface area contributed by atoms with Crippen LogP contribution in [0.15, 0.2) is 34.1 Å². The number of carbonyl (C=O) groups is 2. The highest BCUT2D eigenvalue weighted by molar-refractivity contribution is 9.11. The molecule has 2 unspecified atom stereocenters. The van der Waals surface area contributed by atoms with Crippen LogP contribution in [0.3, 0.4) is 0 Å². The van der Waals surface area contributed by atoms with Crippen molar-refractivity contribution in [3.05, 3.63) is 49.0 Å². The van der Waals surface area contributed by atoms with E-state index in [1.165, 1.54) is 11.3 Å². The minimum Gasteiger partial charge on any atom is -0.294 e. The average Bonchev–Trinajstić information content (AvgIpc) is 3.25. The van der Waals surface area contributed by atoms with Crippen molar-refractivity contribution in [3.63, 3.8) is 0 Å². The van der Waals surface area contributed by atoms with Gasteiger partial charge in [-0.1, -0.05) is 29.6 Å². The minimum absolute atomic E-state index is 0.222. The number of nitrogens with zero attached hydrogens (tertiary/aromatic N) is 2. The summed E-state index contributed by atoms with van der Waals surface area (Å²) >= 11 is 17.3. The van der Waals surface area contributed by atoms with E-state index in [1.54, 1.807) is 23.2 Å². The Morgan fingerprint density at radius 1 is 1.17 bits per heavy atom. The first-order chi connectivity index (χ1) is 13.9. The number of nitrogens with one attached hydrogen (secondary N) is 2. The zero-order valence-corrected chi connectivity index (χ0v) is 19.2. The molecule has 1 amide bonds. The van der Waals surface area contributed by atoms with Gasteiger partial charge in [0.05, 0.1) is 14.5 Å². The Morgan fingerprint density at radius 2 is 1.93 bits per heavy atom. The number of amides is 1. The summed E-state index contributed by atoms with van der Waals surface area (Å²) in [6.07, 6.45) is 3.22. The molecule has 1 aromatic heterocycles. The number of rotatable bonds is 4. The summed E-state index contributed by atoms with van der Waals surface area (Å²) in [5.74, 6) is -0.579. The van der Waals surface area contributed by atoms with Gasteiger partial charge in [0.1, 0.15) is 6.04 Å². The molecule has 1 aromatic carbocycles. The molecular formula is C19H19BrCl2N4O2S. The van der Waals surface area contributed by atoms with E-state index in [0.29, 0.717) is 15.7 Å². The van der Waals surface area contributed by atoms with E-state index in [0.717, 1.165) is 41.0 Å². The summed E-state index contributed by atoms with van der Waals surface area (Å²) < 4.78 is 0.906. The molecule has 2 fully saturated rings. The average molecular weight is 518 g/mol. The first kappa shape index (κ1) is 21.1. The molecule has 154 valence electrons. The Balaban J connectivity index is 1.63. The fourth-order valence-electron chi connectivity index (χ4n) is 3.60. The van der Waals surface area contributed by atoms with Crippen molar-refractivity contribution in [3.8, 4) is 0 Å². The lowest BCUT2D eigenvalue weighted by molar-refractivity contribution is -0.133. The van der Waals surface area contributed by atoms with E-state index in [9.17, 15) is 9.59 Å². The maximum atomic E-state index is 13.3. The largest absolute Gasteiger partial charge is 0.294 e. The van der Waals surface area contributed by atoms with E-state index in [2.05, 4.69) is 26.8 Å². The Bertz CT molecular complexity index is 935. The van der Waals surface area contributed by atoms with Crippen LogP contribution >= 0.6 is 50.5 Å². The lowest BCUT2D eigenvalue weighted by atomic mass is 10.1. The van der Waals surface area contributed by atoms with Gasteiger partial charge in [-0.2, -0.15) is 0 Å². The molecule has 3 heterocycles. The zero-order valence-electron chi connectivity index (χ0n) is 15.3. The molecule has 6 nitrogen and oxygen atoms in total. The molecule has 29 heavy (non-hydrogen) atoms. The quantitative estimate of drug-likeness (QED) is 0.590. The topological polar surface area (TPSA) is 64.7 Å². The number of ketones is 1. The number of carbonyl (C=O) groups excluding carboxylic acids is 2. The maximum Gasteiger partial charge on any atom is 0.260 e. The SMILES string of the molecule is O=C(NN1CCCCC1)C1NN(c2ccc(Cl)cc2Cl)C(c2ccc(Br)s2)C1=O. The van der Waals surface area contributed by atoms with Crippen LogP contribution in [0.5, 0.6) is 0 Å². The minimum atomic E-state index is -1.01. The van der Waals surface area contributed by atoms with Gasteiger partial charge in [0.2, 0.25) is 0 Å². The van der Waals surface area contributed by atoms with Crippen LogP contribution in [-0.4, -0.2) is 35.8 Å². The number of benzene rings is 1. The molecule has 2 atom stereocenters. The molecule has 10 heteroatoms. The van der Waals surface area contributed by atoms with Crippen LogP contribution < -0.4 is 15.9 Å². The van der Waals surface area contributed by atoms with E-state index in [4.69, 9.17) is 23.2 Å². The third-order valence-electron chi connectivity index (χ3n) is 5.00. The van der Waals surface area contributed by atoms with Gasteiger partial charge in [-0.3, -0.25) is 20.0 Å². The summed E-state index contributed by atoms with van der Waals surface area (Å²) in [6, 6.07) is 7.16. The predicted octanol–water partition coefficient (Wildman–Crippen LogP) is 4.34. The second-order valence-electron chi connectivity index (χ2n) is 7.00. The Kier molecular flexibility index (Phi) is 6.48. The van der Waals surface area contributed by atoms with Gasteiger partial charge >= 0.3 is 0 Å². The van der Waals surface area contributed by atoms with E-state index >= 15 is 0 Å². The van der Waals surface area contributed by atoms with Crippen molar-refractivity contribution in [1.29, 1.82) is 0 Å². The molecule has 2 aromatic rings. The fourth-order valence-corrected chi connectivity index (χ4v) is 5.63. The number of hydrogen-bond acceptors (Lipinski definition) is 6. The summed E-state index contributed by atoms with van der Waals surface area (Å²) in [7, 11) is 0. The molecule has 2 aliphatic heterocycles. The number of halogens is 3. The van der Waals surface area contributed by atoms with Gasteiger partial charge in [-0.15, -0.1) is 11.3 Å². The Hall–Kier alpha value is -1.16. The number of anilines is 1. The molecule has 4 rings (SSSR count). The lowest BCUT2D eigenvalue weighted by Gasteiger charge is -2.28. The zero-order chi connectivity index (χ0) is 20.5. The Morgan fingerprint density at radius 3 is 2.59 bits per heavy atom. The highest BCUT2D eigenvalue weighted by Gasteiger charge is 2.46. The van der Waals surface area contributed by atoms with Crippen LogP contribution in [0.1, 0.15) is 30.2 Å². The molecule has 0 spiro atoms. The second kappa shape index (κ2) is 8.91. The third kappa shape index (κ3) is 4.47. The molecule has 0 saturated carbocycles. The van der Waals surface area contributed by atoms with E-state index < -0.39 is 12.1 Å². The fraction of sp³-hybridized carbons (Fsp3) is 0.368. The molecule has 2 N–H and O–H groups in total. The first-order valence-corrected chi connectivity index (χ1v) is 11.7. The van der Waals surface area contributed by atoms with Gasteiger partial charge in [0.25, 0.3) is 5.91 Å². The molecule has 0 bridgehead atoms. The van der Waals surface area contributed by atoms with Gasteiger partial charge in [-0.25, -0.2) is 10.4 Å². The van der Waals surface area contributed by atoms with Gasteiger partial charge in [0, 0.05) is 23.0 Å². The molecular weight excluding hydrogens is 499 g/mol. The van der Waals surface area contributed by atoms with E-state index in [-0.39, 0.29) is 11.7 Å². The lowest BCUT2D eigenvalue weighted by Crippen LogP contribution is -2.53. The summed E-state index contributed by atoms with van der Waals surface area (Å²) in [6.45, 7) is 1.58. The van der Waals surface area contributed by atoms with Gasteiger partial charge < -0.3 is 0 Å². The van der Waals surface area contributed by atoms with Crippen LogP contribution in [0, 0.1) is 0 Å². The van der Waals surface area contributed by atoms with Crippen LogP contribution in [0.25, 0.3) is 0 Å². The van der Waals surface area contributed by atoms with Crippen LogP contribution in [0.2, 0.25) is 10.0 Å². The van der Waals surface area contributed by atoms with Crippen LogP contribution in [-0.2, 0) is 9.59 Å². The van der Waals surface area contributed by atoms with Crippen molar-refractivity contribution >= 4 is 67.8 Å². The highest BCUT2D eigenvalue weighted by Crippen LogP contribution is 2.40. The number of hydrogen-bond donors (Lipinski definition) is 2. The Labute approximate surface area is 191 Å². The van der Waals surface area contributed by atoms with Gasteiger partial charge in [-0.05, 0) is 59.1 Å². The smallest absolute Gasteiger partial charge is 0.260 e. The van der Waals surface area contributed by atoms with Gasteiger partial charge in [0.15, 0.2) is 11.8 Å². The third-order valence-corrected chi connectivity index (χ3v) is 7.21. The summed E-state index contributed by atoms with van der Waals surface area (Å²) in [5, 5.41) is 4.45. The van der Waals surface area contributed by atoms with Crippen molar-refractivity contribution in [2.75, 3.05) is 18.1 Å². The summed E-state index contributed by atoms with van der Waals surface area (Å²) in [5.41, 5.74) is 6.55. The number of thiophene rings is 1. The molecule has 2 aliphatic rings. The van der Waals surface area contributed by atoms with E-state index in [1.807, 2.05) is 17.1 Å².